The monoisotopic (exact) mass is 419 g/mol. The number of ether oxygens (including phenoxy) is 2. The highest BCUT2D eigenvalue weighted by Crippen LogP contribution is 2.50. The fourth-order valence-corrected chi connectivity index (χ4v) is 3.48. The zero-order chi connectivity index (χ0) is 22.1. The topological polar surface area (TPSA) is 105 Å². The first-order chi connectivity index (χ1) is 14.2. The first kappa shape index (κ1) is 21.1. The van der Waals surface area contributed by atoms with Gasteiger partial charge in [0.15, 0.2) is 0 Å². The van der Waals surface area contributed by atoms with E-state index in [1.165, 1.54) is 37.6 Å². The van der Waals surface area contributed by atoms with Gasteiger partial charge in [-0.3, -0.25) is 4.79 Å². The summed E-state index contributed by atoms with van der Waals surface area (Å²) < 4.78 is 52.1. The van der Waals surface area contributed by atoms with Gasteiger partial charge in [-0.1, -0.05) is 6.07 Å². The Labute approximate surface area is 169 Å². The van der Waals surface area contributed by atoms with E-state index in [4.69, 9.17) is 14.7 Å². The van der Waals surface area contributed by atoms with Crippen molar-refractivity contribution in [3.63, 3.8) is 0 Å². The minimum Gasteiger partial charge on any atom is -0.496 e. The van der Waals surface area contributed by atoms with Crippen molar-refractivity contribution < 1.29 is 32.5 Å². The molecule has 1 aliphatic rings. The smallest absolute Gasteiger partial charge is 0.430 e. The molecule has 30 heavy (non-hydrogen) atoms. The van der Waals surface area contributed by atoms with E-state index in [0.717, 1.165) is 0 Å². The van der Waals surface area contributed by atoms with Crippen LogP contribution in [0, 0.1) is 17.2 Å². The molecule has 156 valence electrons. The van der Waals surface area contributed by atoms with Crippen molar-refractivity contribution in [3.8, 4) is 17.7 Å². The molecular formula is C20H16F3N3O4. The van der Waals surface area contributed by atoms with Crippen LogP contribution in [0.15, 0.2) is 35.5 Å². The fraction of sp³-hybridized carbons (Fsp3) is 0.300. The highest BCUT2D eigenvalue weighted by Gasteiger charge is 2.52. The molecule has 1 aromatic carbocycles. The Morgan fingerprint density at radius 1 is 1.33 bits per heavy atom. The molecule has 0 aliphatic carbocycles. The molecule has 0 amide bonds. The highest BCUT2D eigenvalue weighted by molar-refractivity contribution is 6.08. The lowest BCUT2D eigenvalue weighted by Crippen LogP contribution is -2.41. The van der Waals surface area contributed by atoms with Gasteiger partial charge in [0.05, 0.1) is 31.0 Å². The van der Waals surface area contributed by atoms with E-state index < -0.39 is 29.7 Å². The SMILES string of the molecule is CCOc1nccc2c1C(c1ccc(C#N)cc1OC)C(C(=O)O)C(C(F)(F)F)=N2. The van der Waals surface area contributed by atoms with Crippen LogP contribution < -0.4 is 9.47 Å². The standard InChI is InChI=1S/C20H16F3N3O4/c1-3-30-18-15-12(6-7-25-18)26-17(20(21,22)23)16(19(27)28)14(15)11-5-4-10(9-24)8-13(11)29-2/h4-8,14,16H,3H2,1-2H3,(H,27,28). The summed E-state index contributed by atoms with van der Waals surface area (Å²) in [4.78, 5) is 19.8. The number of hydrogen-bond donors (Lipinski definition) is 1. The summed E-state index contributed by atoms with van der Waals surface area (Å²) in [5.41, 5.74) is -1.06. The maximum atomic E-state index is 13.8. The predicted octanol–water partition coefficient (Wildman–Crippen LogP) is 3.84. The number of carboxylic acid groups (broad SMARTS) is 1. The number of fused-ring (bicyclic) bond motifs is 1. The summed E-state index contributed by atoms with van der Waals surface area (Å²) in [5, 5.41) is 18.9. The molecule has 0 fully saturated rings. The fourth-order valence-electron chi connectivity index (χ4n) is 3.48. The Morgan fingerprint density at radius 2 is 2.07 bits per heavy atom. The van der Waals surface area contributed by atoms with Gasteiger partial charge in [-0.05, 0) is 25.1 Å². The van der Waals surface area contributed by atoms with Gasteiger partial charge >= 0.3 is 12.1 Å². The summed E-state index contributed by atoms with van der Waals surface area (Å²) in [6, 6.07) is 7.28. The highest BCUT2D eigenvalue weighted by atomic mass is 19.4. The lowest BCUT2D eigenvalue weighted by Gasteiger charge is -2.33. The number of nitrogens with zero attached hydrogens (tertiary/aromatic N) is 3. The van der Waals surface area contributed by atoms with Gasteiger partial charge in [0.1, 0.15) is 17.4 Å². The summed E-state index contributed by atoms with van der Waals surface area (Å²) in [7, 11) is 1.28. The van der Waals surface area contributed by atoms with Crippen LogP contribution in [0.3, 0.4) is 0 Å². The number of aliphatic carboxylic acids is 1. The normalized spacial score (nSPS) is 18.1. The lowest BCUT2D eigenvalue weighted by molar-refractivity contribution is -0.141. The molecule has 2 heterocycles. The van der Waals surface area contributed by atoms with Crippen LogP contribution in [0.25, 0.3) is 0 Å². The van der Waals surface area contributed by atoms with Crippen molar-refractivity contribution in [2.45, 2.75) is 19.0 Å². The van der Waals surface area contributed by atoms with E-state index in [0.29, 0.717) is 0 Å². The van der Waals surface area contributed by atoms with Gasteiger partial charge < -0.3 is 14.6 Å². The minimum absolute atomic E-state index is 0.0114. The number of halogens is 3. The summed E-state index contributed by atoms with van der Waals surface area (Å²) in [6.07, 6.45) is -3.73. The Balaban J connectivity index is 2.39. The van der Waals surface area contributed by atoms with Crippen LogP contribution in [-0.2, 0) is 4.79 Å². The number of hydrogen-bond acceptors (Lipinski definition) is 6. The third-order valence-electron chi connectivity index (χ3n) is 4.65. The summed E-state index contributed by atoms with van der Waals surface area (Å²) >= 11 is 0. The third-order valence-corrected chi connectivity index (χ3v) is 4.65. The Hall–Kier alpha value is -3.61. The van der Waals surface area contributed by atoms with Crippen LogP contribution in [0.4, 0.5) is 18.9 Å². The molecule has 2 unspecified atom stereocenters. The van der Waals surface area contributed by atoms with Gasteiger partial charge in [0.25, 0.3) is 0 Å². The van der Waals surface area contributed by atoms with Crippen molar-refractivity contribution in [1.29, 1.82) is 5.26 Å². The number of carboxylic acids is 1. The van der Waals surface area contributed by atoms with Crippen molar-refractivity contribution in [2.75, 3.05) is 13.7 Å². The second-order valence-electron chi connectivity index (χ2n) is 6.34. The van der Waals surface area contributed by atoms with Gasteiger partial charge in [0.2, 0.25) is 5.88 Å². The van der Waals surface area contributed by atoms with Gasteiger partial charge in [-0.25, -0.2) is 9.98 Å². The molecule has 1 aromatic heterocycles. The van der Waals surface area contributed by atoms with E-state index in [9.17, 15) is 23.1 Å². The molecule has 0 radical (unpaired) electrons. The number of rotatable bonds is 5. The van der Waals surface area contributed by atoms with Crippen LogP contribution in [0.1, 0.15) is 29.5 Å². The van der Waals surface area contributed by atoms with E-state index >= 15 is 0 Å². The average molecular weight is 419 g/mol. The Bertz CT molecular complexity index is 1060. The van der Waals surface area contributed by atoms with Crippen LogP contribution >= 0.6 is 0 Å². The van der Waals surface area contributed by atoms with Gasteiger partial charge in [-0.2, -0.15) is 18.4 Å². The number of aliphatic imine (C=N–C) groups is 1. The molecule has 7 nitrogen and oxygen atoms in total. The molecule has 0 saturated heterocycles. The summed E-state index contributed by atoms with van der Waals surface area (Å²) in [6.45, 7) is 1.83. The molecule has 2 atom stereocenters. The maximum absolute atomic E-state index is 13.8. The van der Waals surface area contributed by atoms with E-state index in [-0.39, 0.29) is 40.6 Å². The predicted molar refractivity (Wildman–Crippen MR) is 99.2 cm³/mol. The molecule has 0 saturated carbocycles. The molecule has 0 bridgehead atoms. The molecule has 0 spiro atoms. The Morgan fingerprint density at radius 3 is 2.63 bits per heavy atom. The average Bonchev–Trinajstić information content (AvgIpc) is 2.71. The zero-order valence-corrected chi connectivity index (χ0v) is 15.9. The molecule has 1 aliphatic heterocycles. The molecule has 2 aromatic rings. The van der Waals surface area contributed by atoms with Crippen molar-refractivity contribution >= 4 is 17.4 Å². The Kier molecular flexibility index (Phi) is 5.64. The van der Waals surface area contributed by atoms with Gasteiger partial charge in [-0.15, -0.1) is 0 Å². The van der Waals surface area contributed by atoms with Crippen LogP contribution in [-0.4, -0.2) is 41.7 Å². The second-order valence-corrected chi connectivity index (χ2v) is 6.34. The van der Waals surface area contributed by atoms with E-state index in [2.05, 4.69) is 9.98 Å². The number of nitriles is 1. The number of carbonyl (C=O) groups is 1. The number of methoxy groups -OCH3 is 1. The van der Waals surface area contributed by atoms with Crippen molar-refractivity contribution in [1.82, 2.24) is 4.98 Å². The van der Waals surface area contributed by atoms with E-state index in [1.54, 1.807) is 6.92 Å². The first-order valence-corrected chi connectivity index (χ1v) is 8.81. The molecule has 3 rings (SSSR count). The van der Waals surface area contributed by atoms with E-state index in [1.807, 2.05) is 6.07 Å². The quantitative estimate of drug-likeness (QED) is 0.790. The molecule has 1 N–H and O–H groups in total. The zero-order valence-electron chi connectivity index (χ0n) is 15.9. The molecule has 10 heteroatoms. The lowest BCUT2D eigenvalue weighted by atomic mass is 9.75. The second kappa shape index (κ2) is 8.02. The maximum Gasteiger partial charge on any atom is 0.430 e. The van der Waals surface area contributed by atoms with Gasteiger partial charge in [0, 0.05) is 23.2 Å². The number of benzene rings is 1. The van der Waals surface area contributed by atoms with Crippen LogP contribution in [0.2, 0.25) is 0 Å². The third kappa shape index (κ3) is 3.66. The first-order valence-electron chi connectivity index (χ1n) is 8.81. The largest absolute Gasteiger partial charge is 0.496 e. The summed E-state index contributed by atoms with van der Waals surface area (Å²) in [5.74, 6) is -5.07. The van der Waals surface area contributed by atoms with Crippen LogP contribution in [0.5, 0.6) is 11.6 Å². The molecular weight excluding hydrogens is 403 g/mol. The number of pyridine rings is 1. The minimum atomic E-state index is -4.98. The number of alkyl halides is 3. The van der Waals surface area contributed by atoms with Crippen molar-refractivity contribution in [2.24, 2.45) is 10.9 Å². The van der Waals surface area contributed by atoms with Crippen molar-refractivity contribution in [3.05, 3.63) is 47.2 Å². The number of aromatic nitrogens is 1.